The Morgan fingerprint density at radius 1 is 0.455 bits per heavy atom. The van der Waals surface area contributed by atoms with Crippen LogP contribution in [0.4, 0.5) is 0 Å². The standard InChI is InChI=1S/C62H69N3O/c1-58(2,3)45-26-24-40(25-27-45)41-28-29-63-53(35-41)44-30-43(32-46(33-44)59(4,5)6)50-22-19-23-54-55(50)64-57(51-37-48(61(10,11)12)38-52(56(51)66)62(13,14)15)65(54)49-34-42(39-20-17-16-18-21-39)31-47(36-49)60(7,8)9/h16-38,66H,1-15H3/i24D,25D,26D,27D. The summed E-state index contributed by atoms with van der Waals surface area (Å²) in [6.45, 7) is 32.1. The lowest BCUT2D eigenvalue weighted by Crippen LogP contribution is -2.17. The molecule has 0 aliphatic rings. The molecular formula is C62H69N3O. The number of imidazole rings is 1. The van der Waals surface area contributed by atoms with Crippen molar-refractivity contribution in [3.05, 3.63) is 167 Å². The van der Waals surface area contributed by atoms with Gasteiger partial charge in [-0.1, -0.05) is 189 Å². The molecule has 66 heavy (non-hydrogen) atoms. The van der Waals surface area contributed by atoms with Crippen molar-refractivity contribution in [1.29, 1.82) is 0 Å². The zero-order chi connectivity index (χ0) is 51.2. The zero-order valence-electron chi connectivity index (χ0n) is 45.8. The van der Waals surface area contributed by atoms with Gasteiger partial charge in [0.05, 0.1) is 27.8 Å². The number of aromatic nitrogens is 3. The summed E-state index contributed by atoms with van der Waals surface area (Å²) in [6, 6.07) is 37.9. The Kier molecular flexibility index (Phi) is 10.3. The van der Waals surface area contributed by atoms with Gasteiger partial charge in [-0.3, -0.25) is 9.55 Å². The van der Waals surface area contributed by atoms with E-state index in [1.54, 1.807) is 12.3 Å². The van der Waals surface area contributed by atoms with Crippen LogP contribution in [0.15, 0.2) is 140 Å². The van der Waals surface area contributed by atoms with Gasteiger partial charge < -0.3 is 5.11 Å². The lowest BCUT2D eigenvalue weighted by atomic mass is 9.79. The largest absolute Gasteiger partial charge is 0.507 e. The molecule has 8 aromatic rings. The number of fused-ring (bicyclic) bond motifs is 1. The molecule has 0 radical (unpaired) electrons. The van der Waals surface area contributed by atoms with E-state index in [0.717, 1.165) is 61.2 Å². The molecule has 2 aromatic heterocycles. The van der Waals surface area contributed by atoms with Gasteiger partial charge in [0.25, 0.3) is 0 Å². The van der Waals surface area contributed by atoms with Crippen LogP contribution in [0.5, 0.6) is 5.75 Å². The molecule has 0 amide bonds. The van der Waals surface area contributed by atoms with Crippen molar-refractivity contribution in [2.75, 3.05) is 0 Å². The van der Waals surface area contributed by atoms with Crippen LogP contribution in [0.1, 0.15) is 137 Å². The Bertz CT molecular complexity index is 3300. The van der Waals surface area contributed by atoms with Crippen LogP contribution in [0.2, 0.25) is 0 Å². The minimum absolute atomic E-state index is 0.0275. The second-order valence-electron chi connectivity index (χ2n) is 23.2. The number of phenolic OH excluding ortho intramolecular Hbond substituents is 1. The summed E-state index contributed by atoms with van der Waals surface area (Å²) in [7, 11) is 0. The zero-order valence-corrected chi connectivity index (χ0v) is 41.8. The van der Waals surface area contributed by atoms with Gasteiger partial charge >= 0.3 is 0 Å². The Morgan fingerprint density at radius 2 is 1.05 bits per heavy atom. The van der Waals surface area contributed by atoms with E-state index in [0.29, 0.717) is 28.2 Å². The van der Waals surface area contributed by atoms with Gasteiger partial charge in [0.15, 0.2) is 0 Å². The first-order chi connectivity index (χ1) is 32.4. The van der Waals surface area contributed by atoms with E-state index in [4.69, 9.17) is 15.5 Å². The van der Waals surface area contributed by atoms with Gasteiger partial charge in [-0.15, -0.1) is 0 Å². The third-order valence-corrected chi connectivity index (χ3v) is 12.7. The third-order valence-electron chi connectivity index (χ3n) is 12.7. The summed E-state index contributed by atoms with van der Waals surface area (Å²) in [5.41, 5.74) is 12.6. The molecule has 8 rings (SSSR count). The Morgan fingerprint density at radius 3 is 1.67 bits per heavy atom. The van der Waals surface area contributed by atoms with E-state index in [1.807, 2.05) is 32.9 Å². The molecule has 6 aromatic carbocycles. The second-order valence-corrected chi connectivity index (χ2v) is 23.2. The lowest BCUT2D eigenvalue weighted by molar-refractivity contribution is 0.446. The molecule has 338 valence electrons. The van der Waals surface area contributed by atoms with E-state index in [2.05, 4.69) is 179 Å². The number of para-hydroxylation sites is 1. The molecular weight excluding hydrogens is 803 g/mol. The number of benzene rings is 6. The fourth-order valence-electron chi connectivity index (χ4n) is 8.49. The van der Waals surface area contributed by atoms with E-state index in [1.165, 1.54) is 5.56 Å². The predicted octanol–water partition coefficient (Wildman–Crippen LogP) is 16.9. The van der Waals surface area contributed by atoms with Crippen molar-refractivity contribution in [3.63, 3.8) is 0 Å². The van der Waals surface area contributed by atoms with Crippen LogP contribution in [-0.2, 0) is 27.1 Å². The third kappa shape index (κ3) is 9.25. The fourth-order valence-corrected chi connectivity index (χ4v) is 8.49. The number of nitrogens with zero attached hydrogens (tertiary/aromatic N) is 3. The highest BCUT2D eigenvalue weighted by atomic mass is 16.3. The number of hydrogen-bond donors (Lipinski definition) is 1. The summed E-state index contributed by atoms with van der Waals surface area (Å²) in [4.78, 5) is 10.5. The minimum atomic E-state index is -0.571. The number of pyridine rings is 1. The average molecular weight is 876 g/mol. The van der Waals surface area contributed by atoms with E-state index in [-0.39, 0.29) is 57.1 Å². The highest BCUT2D eigenvalue weighted by molar-refractivity contribution is 5.97. The Balaban J connectivity index is 1.44. The van der Waals surface area contributed by atoms with Crippen LogP contribution >= 0.6 is 0 Å². The maximum absolute atomic E-state index is 12.6. The van der Waals surface area contributed by atoms with Gasteiger partial charge in [-0.05, 0) is 126 Å². The molecule has 0 saturated heterocycles. The maximum atomic E-state index is 12.6. The number of rotatable bonds is 6. The van der Waals surface area contributed by atoms with Crippen LogP contribution in [0, 0.1) is 0 Å². The van der Waals surface area contributed by atoms with Crippen LogP contribution in [-0.4, -0.2) is 19.6 Å². The van der Waals surface area contributed by atoms with Crippen molar-refractivity contribution in [2.45, 2.75) is 131 Å². The normalized spacial score (nSPS) is 13.7. The SMILES string of the molecule is [2H]c1c([2H])c(C(C)(C)C)c([2H])c([2H])c1-c1ccnc(-c2cc(-c3cccc4c3nc(-c3cc(C(C)(C)C)cc(C(C)(C)C)c3O)n4-c3cc(-c4ccccc4)cc(C(C)(C)C)c3)cc(C(C)(C)C)c2)c1. The minimum Gasteiger partial charge on any atom is -0.507 e. The van der Waals surface area contributed by atoms with Crippen molar-refractivity contribution >= 4 is 11.0 Å². The molecule has 0 atom stereocenters. The molecule has 0 saturated carbocycles. The molecule has 4 heteroatoms. The van der Waals surface area contributed by atoms with Gasteiger partial charge in [-0.2, -0.15) is 0 Å². The molecule has 4 nitrogen and oxygen atoms in total. The van der Waals surface area contributed by atoms with Crippen molar-refractivity contribution < 1.29 is 10.6 Å². The van der Waals surface area contributed by atoms with Crippen molar-refractivity contribution in [2.24, 2.45) is 0 Å². The first-order valence-electron chi connectivity index (χ1n) is 25.3. The first-order valence-corrected chi connectivity index (χ1v) is 23.3. The number of hydrogen-bond acceptors (Lipinski definition) is 3. The predicted molar refractivity (Wildman–Crippen MR) is 281 cm³/mol. The lowest BCUT2D eigenvalue weighted by Gasteiger charge is -2.28. The monoisotopic (exact) mass is 876 g/mol. The summed E-state index contributed by atoms with van der Waals surface area (Å²) >= 11 is 0. The summed E-state index contributed by atoms with van der Waals surface area (Å²) < 4.78 is 38.4. The molecule has 0 aliphatic carbocycles. The second kappa shape index (κ2) is 16.6. The summed E-state index contributed by atoms with van der Waals surface area (Å²) in [5.74, 6) is 0.854. The van der Waals surface area contributed by atoms with Gasteiger partial charge in [-0.25, -0.2) is 4.98 Å². The van der Waals surface area contributed by atoms with Crippen molar-refractivity contribution in [1.82, 2.24) is 14.5 Å². The van der Waals surface area contributed by atoms with Crippen LogP contribution in [0.25, 0.3) is 72.7 Å². The maximum Gasteiger partial charge on any atom is 0.149 e. The first kappa shape index (κ1) is 41.2. The average Bonchev–Trinajstić information content (AvgIpc) is 3.66. The topological polar surface area (TPSA) is 50.9 Å². The molecule has 0 bridgehead atoms. The molecule has 0 spiro atoms. The highest BCUT2D eigenvalue weighted by Gasteiger charge is 2.30. The van der Waals surface area contributed by atoms with Crippen LogP contribution in [0.3, 0.4) is 0 Å². The van der Waals surface area contributed by atoms with Crippen LogP contribution < -0.4 is 0 Å². The Labute approximate surface area is 400 Å². The smallest absolute Gasteiger partial charge is 0.149 e. The molecule has 0 fully saturated rings. The van der Waals surface area contributed by atoms with E-state index < -0.39 is 5.41 Å². The quantitative estimate of drug-likeness (QED) is 0.181. The fraction of sp³-hybridized carbons (Fsp3) is 0.323. The van der Waals surface area contributed by atoms with Gasteiger partial charge in [0.1, 0.15) is 11.6 Å². The molecule has 0 unspecified atom stereocenters. The van der Waals surface area contributed by atoms with E-state index in [9.17, 15) is 5.11 Å². The van der Waals surface area contributed by atoms with Gasteiger partial charge in [0.2, 0.25) is 0 Å². The number of aromatic hydroxyl groups is 1. The highest BCUT2D eigenvalue weighted by Crippen LogP contribution is 2.46. The molecule has 0 aliphatic heterocycles. The van der Waals surface area contributed by atoms with E-state index >= 15 is 0 Å². The molecule has 2 heterocycles. The summed E-state index contributed by atoms with van der Waals surface area (Å²) in [6.07, 6.45) is 1.69. The van der Waals surface area contributed by atoms with Gasteiger partial charge in [0, 0.05) is 28.6 Å². The van der Waals surface area contributed by atoms with Crippen molar-refractivity contribution in [3.8, 4) is 67.5 Å². The number of phenols is 1. The Hall–Kier alpha value is -6.26. The summed E-state index contributed by atoms with van der Waals surface area (Å²) in [5, 5.41) is 12.6. The molecule has 1 N–H and O–H groups in total.